The summed E-state index contributed by atoms with van der Waals surface area (Å²) in [6.45, 7) is 1.99. The lowest BCUT2D eigenvalue weighted by Crippen LogP contribution is -2.17. The molecule has 0 spiro atoms. The quantitative estimate of drug-likeness (QED) is 0.894. The van der Waals surface area contributed by atoms with Gasteiger partial charge in [-0.25, -0.2) is 0 Å². The maximum atomic E-state index is 12.3. The Morgan fingerprint density at radius 1 is 1.05 bits per heavy atom. The Hall–Kier alpha value is -2.01. The number of nitrogens with one attached hydrogen (secondary N) is 1. The third-order valence-electron chi connectivity index (χ3n) is 3.24. The van der Waals surface area contributed by atoms with E-state index in [9.17, 15) is 13.2 Å². The van der Waals surface area contributed by atoms with Crippen molar-refractivity contribution in [3.05, 3.63) is 54.1 Å². The number of halogens is 3. The molecule has 0 amide bonds. The van der Waals surface area contributed by atoms with E-state index >= 15 is 0 Å². The van der Waals surface area contributed by atoms with Crippen LogP contribution < -0.4 is 10.1 Å². The van der Waals surface area contributed by atoms with E-state index < -0.39 is 6.36 Å². The average Bonchev–Trinajstić information content (AvgIpc) is 2.45. The van der Waals surface area contributed by atoms with Crippen LogP contribution >= 0.6 is 0 Å². The first-order valence-corrected chi connectivity index (χ1v) is 6.53. The van der Waals surface area contributed by atoms with E-state index in [1.54, 1.807) is 12.1 Å². The Kier molecular flexibility index (Phi) is 4.53. The standard InChI is InChI=1S/C16H16F3NO/c1-11(20-2)14-8-3-4-9-15(14)12-6-5-7-13(10-12)21-16(17,18)19/h3-11,20H,1-2H3. The molecule has 1 atom stereocenters. The van der Waals surface area contributed by atoms with E-state index in [1.807, 2.05) is 38.2 Å². The Bertz CT molecular complexity index is 610. The summed E-state index contributed by atoms with van der Waals surface area (Å²) in [5.74, 6) is -0.216. The van der Waals surface area contributed by atoms with Gasteiger partial charge < -0.3 is 10.1 Å². The zero-order valence-electron chi connectivity index (χ0n) is 11.7. The molecule has 0 heterocycles. The minimum absolute atomic E-state index is 0.0911. The second-order valence-corrected chi connectivity index (χ2v) is 4.67. The zero-order valence-corrected chi connectivity index (χ0v) is 11.7. The number of benzene rings is 2. The van der Waals surface area contributed by atoms with Gasteiger partial charge in [0.15, 0.2) is 0 Å². The van der Waals surface area contributed by atoms with Crippen LogP contribution in [-0.4, -0.2) is 13.4 Å². The molecule has 0 radical (unpaired) electrons. The van der Waals surface area contributed by atoms with Gasteiger partial charge in [-0.1, -0.05) is 36.4 Å². The highest BCUT2D eigenvalue weighted by atomic mass is 19.4. The highest BCUT2D eigenvalue weighted by molar-refractivity contribution is 5.69. The molecule has 2 aromatic rings. The molecule has 1 unspecified atom stereocenters. The molecule has 0 aliphatic carbocycles. The molecule has 21 heavy (non-hydrogen) atoms. The molecule has 0 aliphatic heterocycles. The summed E-state index contributed by atoms with van der Waals surface area (Å²) in [4.78, 5) is 0. The van der Waals surface area contributed by atoms with E-state index in [1.165, 1.54) is 12.1 Å². The summed E-state index contributed by atoms with van der Waals surface area (Å²) in [6, 6.07) is 13.7. The van der Waals surface area contributed by atoms with Gasteiger partial charge in [0.05, 0.1) is 0 Å². The highest BCUT2D eigenvalue weighted by Gasteiger charge is 2.31. The Morgan fingerprint density at radius 2 is 1.76 bits per heavy atom. The van der Waals surface area contributed by atoms with Crippen molar-refractivity contribution in [3.8, 4) is 16.9 Å². The van der Waals surface area contributed by atoms with Gasteiger partial charge >= 0.3 is 6.36 Å². The molecule has 0 aromatic heterocycles. The van der Waals surface area contributed by atoms with Gasteiger partial charge in [0.25, 0.3) is 0 Å². The van der Waals surface area contributed by atoms with E-state index in [-0.39, 0.29) is 11.8 Å². The molecule has 0 saturated carbocycles. The van der Waals surface area contributed by atoms with Crippen molar-refractivity contribution >= 4 is 0 Å². The predicted octanol–water partition coefficient (Wildman–Crippen LogP) is 4.53. The summed E-state index contributed by atoms with van der Waals surface area (Å²) in [5, 5.41) is 3.13. The van der Waals surface area contributed by atoms with Gasteiger partial charge in [-0.05, 0) is 42.8 Å². The first-order chi connectivity index (χ1) is 9.90. The van der Waals surface area contributed by atoms with Crippen molar-refractivity contribution < 1.29 is 17.9 Å². The first kappa shape index (κ1) is 15.4. The SMILES string of the molecule is CNC(C)c1ccccc1-c1cccc(OC(F)(F)F)c1. The number of rotatable bonds is 4. The van der Waals surface area contributed by atoms with E-state index in [4.69, 9.17) is 0 Å². The van der Waals surface area contributed by atoms with Crippen LogP contribution in [0.15, 0.2) is 48.5 Å². The average molecular weight is 295 g/mol. The molecular formula is C16H16F3NO. The lowest BCUT2D eigenvalue weighted by molar-refractivity contribution is -0.274. The fourth-order valence-corrected chi connectivity index (χ4v) is 2.15. The van der Waals surface area contributed by atoms with E-state index in [0.29, 0.717) is 5.56 Å². The first-order valence-electron chi connectivity index (χ1n) is 6.53. The highest BCUT2D eigenvalue weighted by Crippen LogP contribution is 2.31. The number of alkyl halides is 3. The van der Waals surface area contributed by atoms with Gasteiger partial charge in [0.2, 0.25) is 0 Å². The van der Waals surface area contributed by atoms with Gasteiger partial charge in [0.1, 0.15) is 5.75 Å². The maximum Gasteiger partial charge on any atom is 0.573 e. The fourth-order valence-electron chi connectivity index (χ4n) is 2.15. The van der Waals surface area contributed by atoms with Crippen LogP contribution in [0, 0.1) is 0 Å². The molecule has 112 valence electrons. The summed E-state index contributed by atoms with van der Waals surface area (Å²) in [6.07, 6.45) is -4.68. The second-order valence-electron chi connectivity index (χ2n) is 4.67. The molecule has 2 aromatic carbocycles. The lowest BCUT2D eigenvalue weighted by atomic mass is 9.95. The third kappa shape index (κ3) is 3.98. The maximum absolute atomic E-state index is 12.3. The van der Waals surface area contributed by atoms with Gasteiger partial charge in [-0.15, -0.1) is 13.2 Å². The predicted molar refractivity (Wildman–Crippen MR) is 76.0 cm³/mol. The van der Waals surface area contributed by atoms with Crippen LogP contribution in [0.25, 0.3) is 11.1 Å². The van der Waals surface area contributed by atoms with Gasteiger partial charge in [-0.3, -0.25) is 0 Å². The number of hydrogen-bond donors (Lipinski definition) is 1. The normalized spacial score (nSPS) is 13.0. The molecule has 1 N–H and O–H groups in total. The molecule has 0 aliphatic rings. The number of hydrogen-bond acceptors (Lipinski definition) is 2. The van der Waals surface area contributed by atoms with Crippen LogP contribution in [0.4, 0.5) is 13.2 Å². The number of ether oxygens (including phenoxy) is 1. The summed E-state index contributed by atoms with van der Waals surface area (Å²) >= 11 is 0. The van der Waals surface area contributed by atoms with Crippen molar-refractivity contribution in [2.24, 2.45) is 0 Å². The topological polar surface area (TPSA) is 21.3 Å². The molecule has 2 rings (SSSR count). The minimum Gasteiger partial charge on any atom is -0.406 e. The molecule has 2 nitrogen and oxygen atoms in total. The van der Waals surface area contributed by atoms with Crippen molar-refractivity contribution in [2.75, 3.05) is 7.05 Å². The van der Waals surface area contributed by atoms with Crippen LogP contribution in [0.3, 0.4) is 0 Å². The van der Waals surface area contributed by atoms with E-state index in [2.05, 4.69) is 10.1 Å². The van der Waals surface area contributed by atoms with Crippen LogP contribution in [0.5, 0.6) is 5.75 Å². The summed E-state index contributed by atoms with van der Waals surface area (Å²) in [5.41, 5.74) is 2.59. The molecular weight excluding hydrogens is 279 g/mol. The minimum atomic E-state index is -4.68. The molecule has 0 saturated heterocycles. The van der Waals surface area contributed by atoms with Crippen LogP contribution in [-0.2, 0) is 0 Å². The zero-order chi connectivity index (χ0) is 15.5. The Labute approximate surface area is 121 Å². The van der Waals surface area contributed by atoms with Gasteiger partial charge in [0, 0.05) is 6.04 Å². The second kappa shape index (κ2) is 6.18. The Balaban J connectivity index is 2.41. The van der Waals surface area contributed by atoms with Crippen molar-refractivity contribution in [3.63, 3.8) is 0 Å². The Morgan fingerprint density at radius 3 is 2.43 bits per heavy atom. The van der Waals surface area contributed by atoms with Crippen molar-refractivity contribution in [1.29, 1.82) is 0 Å². The largest absolute Gasteiger partial charge is 0.573 e. The van der Waals surface area contributed by atoms with Gasteiger partial charge in [-0.2, -0.15) is 0 Å². The van der Waals surface area contributed by atoms with E-state index in [0.717, 1.165) is 11.1 Å². The smallest absolute Gasteiger partial charge is 0.406 e. The summed E-state index contributed by atoms with van der Waals surface area (Å²) in [7, 11) is 1.84. The molecule has 0 bridgehead atoms. The lowest BCUT2D eigenvalue weighted by Gasteiger charge is -2.17. The summed E-state index contributed by atoms with van der Waals surface area (Å²) < 4.78 is 40.9. The molecule has 5 heteroatoms. The fraction of sp³-hybridized carbons (Fsp3) is 0.250. The monoisotopic (exact) mass is 295 g/mol. The van der Waals surface area contributed by atoms with Crippen LogP contribution in [0.2, 0.25) is 0 Å². The van der Waals surface area contributed by atoms with Crippen molar-refractivity contribution in [2.45, 2.75) is 19.3 Å². The van der Waals surface area contributed by atoms with Crippen molar-refractivity contribution in [1.82, 2.24) is 5.32 Å². The third-order valence-corrected chi connectivity index (χ3v) is 3.24. The van der Waals surface area contributed by atoms with Crippen LogP contribution in [0.1, 0.15) is 18.5 Å². The molecule has 0 fully saturated rings.